The van der Waals surface area contributed by atoms with E-state index >= 15 is 0 Å². The molecule has 0 saturated carbocycles. The van der Waals surface area contributed by atoms with Crippen LogP contribution in [-0.2, 0) is 31.6 Å². The molecule has 0 radical (unpaired) electrons. The SMILES string of the molecule is CS(=O)(=O)N1CCC[C@H](NCc2cc(O)c(N3CC(=O)NS3(=O)=O)c(F)c2)C1. The summed E-state index contributed by atoms with van der Waals surface area (Å²) in [6.07, 6.45) is 2.59. The van der Waals surface area contributed by atoms with Crippen LogP contribution in [0.3, 0.4) is 0 Å². The number of sulfonamides is 1. The average molecular weight is 436 g/mol. The van der Waals surface area contributed by atoms with Gasteiger partial charge in [0.15, 0.2) is 5.82 Å². The van der Waals surface area contributed by atoms with Crippen LogP contribution in [0.15, 0.2) is 12.1 Å². The molecule has 2 heterocycles. The molecule has 13 heteroatoms. The first-order valence-electron chi connectivity index (χ1n) is 8.50. The largest absolute Gasteiger partial charge is 0.506 e. The van der Waals surface area contributed by atoms with E-state index in [0.717, 1.165) is 18.7 Å². The van der Waals surface area contributed by atoms with Crippen molar-refractivity contribution in [1.82, 2.24) is 14.3 Å². The lowest BCUT2D eigenvalue weighted by Crippen LogP contribution is -2.47. The molecule has 28 heavy (non-hydrogen) atoms. The van der Waals surface area contributed by atoms with Crippen LogP contribution in [0.5, 0.6) is 5.75 Å². The Bertz CT molecular complexity index is 975. The van der Waals surface area contributed by atoms with Gasteiger partial charge in [-0.25, -0.2) is 26.1 Å². The molecule has 1 aromatic carbocycles. The van der Waals surface area contributed by atoms with Gasteiger partial charge < -0.3 is 10.4 Å². The van der Waals surface area contributed by atoms with Gasteiger partial charge in [0.25, 0.3) is 5.91 Å². The van der Waals surface area contributed by atoms with Crippen LogP contribution < -0.4 is 14.3 Å². The molecule has 0 aromatic heterocycles. The van der Waals surface area contributed by atoms with Crippen molar-refractivity contribution in [1.29, 1.82) is 0 Å². The van der Waals surface area contributed by atoms with Gasteiger partial charge in [0, 0.05) is 25.7 Å². The molecule has 2 aliphatic heterocycles. The Morgan fingerprint density at radius 2 is 2.11 bits per heavy atom. The Balaban J connectivity index is 1.72. The lowest BCUT2D eigenvalue weighted by atomic mass is 10.1. The number of carbonyl (C=O) groups is 1. The quantitative estimate of drug-likeness (QED) is 0.551. The highest BCUT2D eigenvalue weighted by Crippen LogP contribution is 2.34. The number of piperidine rings is 1. The molecular formula is C15H21FN4O6S2. The van der Waals surface area contributed by atoms with Gasteiger partial charge in [-0.3, -0.25) is 4.79 Å². The van der Waals surface area contributed by atoms with Crippen LogP contribution in [-0.4, -0.2) is 64.1 Å². The topological polar surface area (TPSA) is 136 Å². The van der Waals surface area contributed by atoms with Crippen molar-refractivity contribution in [3.05, 3.63) is 23.5 Å². The Hall–Kier alpha value is -1.96. The molecule has 0 unspecified atom stereocenters. The lowest BCUT2D eigenvalue weighted by molar-refractivity contribution is -0.117. The number of benzene rings is 1. The number of hydrogen-bond donors (Lipinski definition) is 3. The fourth-order valence-electron chi connectivity index (χ4n) is 3.31. The summed E-state index contributed by atoms with van der Waals surface area (Å²) in [6.45, 7) is 0.286. The molecule has 0 aliphatic carbocycles. The minimum Gasteiger partial charge on any atom is -0.506 e. The van der Waals surface area contributed by atoms with Gasteiger partial charge in [-0.1, -0.05) is 0 Å². The molecule has 156 valence electrons. The predicted octanol–water partition coefficient (Wildman–Crippen LogP) is -0.774. The maximum atomic E-state index is 14.5. The Labute approximate surface area is 162 Å². The summed E-state index contributed by atoms with van der Waals surface area (Å²) in [6, 6.07) is 2.15. The monoisotopic (exact) mass is 436 g/mol. The number of aromatic hydroxyl groups is 1. The first-order chi connectivity index (χ1) is 13.0. The van der Waals surface area contributed by atoms with E-state index in [4.69, 9.17) is 0 Å². The van der Waals surface area contributed by atoms with E-state index in [1.54, 1.807) is 4.72 Å². The van der Waals surface area contributed by atoms with Gasteiger partial charge in [-0.15, -0.1) is 0 Å². The van der Waals surface area contributed by atoms with E-state index in [1.807, 2.05) is 0 Å². The second-order valence-electron chi connectivity index (χ2n) is 6.82. The molecule has 2 saturated heterocycles. The van der Waals surface area contributed by atoms with Crippen molar-refractivity contribution in [3.63, 3.8) is 0 Å². The zero-order valence-electron chi connectivity index (χ0n) is 15.1. The van der Waals surface area contributed by atoms with Gasteiger partial charge in [-0.2, -0.15) is 8.42 Å². The van der Waals surface area contributed by atoms with Crippen molar-refractivity contribution < 1.29 is 31.1 Å². The van der Waals surface area contributed by atoms with Gasteiger partial charge in [0.05, 0.1) is 6.26 Å². The third-order valence-electron chi connectivity index (χ3n) is 4.62. The summed E-state index contributed by atoms with van der Waals surface area (Å²) >= 11 is 0. The number of rotatable bonds is 5. The predicted molar refractivity (Wildman–Crippen MR) is 98.8 cm³/mol. The highest BCUT2D eigenvalue weighted by molar-refractivity contribution is 7.92. The number of halogens is 1. The number of amides is 1. The van der Waals surface area contributed by atoms with Crippen LogP contribution in [0, 0.1) is 5.82 Å². The van der Waals surface area contributed by atoms with Crippen molar-refractivity contribution >= 4 is 31.8 Å². The summed E-state index contributed by atoms with van der Waals surface area (Å²) < 4.78 is 65.1. The van der Waals surface area contributed by atoms with Gasteiger partial charge in [0.1, 0.15) is 18.0 Å². The molecule has 2 fully saturated rings. The summed E-state index contributed by atoms with van der Waals surface area (Å²) in [4.78, 5) is 11.3. The Morgan fingerprint density at radius 3 is 2.68 bits per heavy atom. The number of nitrogens with zero attached hydrogens (tertiary/aromatic N) is 2. The van der Waals surface area contributed by atoms with Crippen LogP contribution in [0.1, 0.15) is 18.4 Å². The fourth-order valence-corrected chi connectivity index (χ4v) is 5.39. The van der Waals surface area contributed by atoms with Crippen LogP contribution in [0.4, 0.5) is 10.1 Å². The van der Waals surface area contributed by atoms with E-state index in [9.17, 15) is 31.1 Å². The standard InChI is InChI=1S/C15H21FN4O6S2/c1-27(23,24)19-4-2-3-11(8-19)17-7-10-5-12(16)15(13(21)6-10)20-9-14(22)18-28(20,25)26/h5-6,11,17,21H,2-4,7-9H2,1H3,(H,18,22)/t11-/m0/s1. The molecule has 1 aromatic rings. The van der Waals surface area contributed by atoms with Crippen molar-refractivity contribution in [2.75, 3.05) is 30.2 Å². The first kappa shape index (κ1) is 20.8. The molecule has 0 bridgehead atoms. The number of nitrogens with one attached hydrogen (secondary N) is 2. The van der Waals surface area contributed by atoms with E-state index < -0.39 is 49.9 Å². The van der Waals surface area contributed by atoms with Crippen molar-refractivity contribution in [2.45, 2.75) is 25.4 Å². The third kappa shape index (κ3) is 4.37. The first-order valence-corrected chi connectivity index (χ1v) is 11.8. The van der Waals surface area contributed by atoms with Crippen LogP contribution in [0.25, 0.3) is 0 Å². The fraction of sp³-hybridized carbons (Fsp3) is 0.533. The zero-order valence-corrected chi connectivity index (χ0v) is 16.7. The molecule has 3 N–H and O–H groups in total. The second kappa shape index (κ2) is 7.46. The molecule has 1 atom stereocenters. The third-order valence-corrected chi connectivity index (χ3v) is 7.27. The number of phenolic OH excluding ortho intramolecular Hbond substituents is 1. The Morgan fingerprint density at radius 1 is 1.39 bits per heavy atom. The summed E-state index contributed by atoms with van der Waals surface area (Å²) in [7, 11) is -7.53. The van der Waals surface area contributed by atoms with Gasteiger partial charge in [-0.05, 0) is 30.5 Å². The molecule has 0 spiro atoms. The highest BCUT2D eigenvalue weighted by Gasteiger charge is 2.37. The minimum atomic E-state index is -4.24. The zero-order chi connectivity index (χ0) is 20.7. The maximum Gasteiger partial charge on any atom is 0.326 e. The van der Waals surface area contributed by atoms with Gasteiger partial charge >= 0.3 is 10.2 Å². The molecular weight excluding hydrogens is 415 g/mol. The lowest BCUT2D eigenvalue weighted by Gasteiger charge is -2.31. The number of phenols is 1. The van der Waals surface area contributed by atoms with Crippen molar-refractivity contribution in [3.8, 4) is 5.75 Å². The maximum absolute atomic E-state index is 14.5. The van der Waals surface area contributed by atoms with E-state index in [-0.39, 0.29) is 12.6 Å². The summed E-state index contributed by atoms with van der Waals surface area (Å²) in [5.41, 5.74) is -0.242. The summed E-state index contributed by atoms with van der Waals surface area (Å²) in [5, 5.41) is 13.3. The number of hydrogen-bond acceptors (Lipinski definition) is 7. The van der Waals surface area contributed by atoms with Gasteiger partial charge in [0.2, 0.25) is 10.0 Å². The minimum absolute atomic E-state index is 0.130. The average Bonchev–Trinajstić information content (AvgIpc) is 2.84. The van der Waals surface area contributed by atoms with E-state index in [2.05, 4.69) is 5.32 Å². The number of carbonyl (C=O) groups excluding carboxylic acids is 1. The molecule has 2 aliphatic rings. The molecule has 3 rings (SSSR count). The highest BCUT2D eigenvalue weighted by atomic mass is 32.2. The van der Waals surface area contributed by atoms with Crippen molar-refractivity contribution in [2.24, 2.45) is 0 Å². The Kier molecular flexibility index (Phi) is 5.53. The molecule has 10 nitrogen and oxygen atoms in total. The second-order valence-corrected chi connectivity index (χ2v) is 10.4. The molecule has 1 amide bonds. The van der Waals surface area contributed by atoms with E-state index in [1.165, 1.54) is 10.4 Å². The number of anilines is 1. The summed E-state index contributed by atoms with van der Waals surface area (Å²) in [5.74, 6) is -2.42. The van der Waals surface area contributed by atoms with Crippen LogP contribution >= 0.6 is 0 Å². The van der Waals surface area contributed by atoms with Crippen LogP contribution in [0.2, 0.25) is 0 Å². The smallest absolute Gasteiger partial charge is 0.326 e. The normalized spacial score (nSPS) is 23.0. The van der Waals surface area contributed by atoms with E-state index in [0.29, 0.717) is 29.4 Å².